The summed E-state index contributed by atoms with van der Waals surface area (Å²) in [7, 11) is 2.00. The predicted molar refractivity (Wildman–Crippen MR) is 91.9 cm³/mol. The Balaban J connectivity index is 0.00000121. The lowest BCUT2D eigenvalue weighted by Gasteiger charge is -2.32. The van der Waals surface area contributed by atoms with Gasteiger partial charge in [-0.05, 0) is 38.3 Å². The number of nitrogens with one attached hydrogen (secondary N) is 1. The average Bonchev–Trinajstić information content (AvgIpc) is 3.10. The zero-order valence-electron chi connectivity index (χ0n) is 13.0. The van der Waals surface area contributed by atoms with E-state index in [1.54, 1.807) is 0 Å². The third-order valence-corrected chi connectivity index (χ3v) is 4.71. The Labute approximate surface area is 144 Å². The van der Waals surface area contributed by atoms with Crippen LogP contribution in [0.4, 0.5) is 0 Å². The van der Waals surface area contributed by atoms with Gasteiger partial charge in [0.1, 0.15) is 0 Å². The van der Waals surface area contributed by atoms with E-state index >= 15 is 0 Å². The molecule has 1 unspecified atom stereocenters. The van der Waals surface area contributed by atoms with Crippen LogP contribution in [-0.4, -0.2) is 46.3 Å². The van der Waals surface area contributed by atoms with Crippen molar-refractivity contribution >= 4 is 30.7 Å². The van der Waals surface area contributed by atoms with Crippen molar-refractivity contribution in [1.82, 2.24) is 20.0 Å². The fourth-order valence-electron chi connectivity index (χ4n) is 3.48. The molecule has 3 heterocycles. The first kappa shape index (κ1) is 19.3. The zero-order valence-corrected chi connectivity index (χ0v) is 14.7. The molecule has 0 bridgehead atoms. The fourth-order valence-corrected chi connectivity index (χ4v) is 3.48. The summed E-state index contributed by atoms with van der Waals surface area (Å²) in [5.41, 5.74) is 1.30. The highest BCUT2D eigenvalue weighted by molar-refractivity contribution is 5.85. The molecule has 3 rings (SSSR count). The monoisotopic (exact) mass is 348 g/mol. The molecule has 0 saturated carbocycles. The maximum absolute atomic E-state index is 12.3. The molecule has 0 aromatic carbocycles. The van der Waals surface area contributed by atoms with Crippen molar-refractivity contribution in [3.8, 4) is 0 Å². The SMILES string of the molecule is Cl.Cl.Cn1nccc1C1CCN(C(=O)CC2CCCN2)CC1. The van der Waals surface area contributed by atoms with Gasteiger partial charge in [0.05, 0.1) is 0 Å². The average molecular weight is 349 g/mol. The highest BCUT2D eigenvalue weighted by Crippen LogP contribution is 2.27. The Kier molecular flexibility index (Phi) is 7.66. The topological polar surface area (TPSA) is 50.2 Å². The largest absolute Gasteiger partial charge is 0.343 e. The minimum atomic E-state index is 0. The maximum atomic E-state index is 12.3. The number of aryl methyl sites for hydroxylation is 1. The summed E-state index contributed by atoms with van der Waals surface area (Å²) in [6.07, 6.45) is 7.01. The second-order valence-electron chi connectivity index (χ2n) is 6.03. The van der Waals surface area contributed by atoms with Gasteiger partial charge in [-0.1, -0.05) is 0 Å². The van der Waals surface area contributed by atoms with Crippen molar-refractivity contribution in [1.29, 1.82) is 0 Å². The summed E-state index contributed by atoms with van der Waals surface area (Å²) < 4.78 is 1.96. The van der Waals surface area contributed by atoms with Crippen molar-refractivity contribution in [2.45, 2.75) is 44.1 Å². The van der Waals surface area contributed by atoms with E-state index < -0.39 is 0 Å². The van der Waals surface area contributed by atoms with E-state index in [4.69, 9.17) is 0 Å². The van der Waals surface area contributed by atoms with Crippen molar-refractivity contribution < 1.29 is 4.79 Å². The molecule has 1 aromatic heterocycles. The zero-order chi connectivity index (χ0) is 13.9. The van der Waals surface area contributed by atoms with Gasteiger partial charge in [-0.25, -0.2) is 0 Å². The lowest BCUT2D eigenvalue weighted by molar-refractivity contribution is -0.132. The smallest absolute Gasteiger partial charge is 0.224 e. The van der Waals surface area contributed by atoms with Crippen LogP contribution in [0.25, 0.3) is 0 Å². The number of amides is 1. The van der Waals surface area contributed by atoms with Gasteiger partial charge >= 0.3 is 0 Å². The Morgan fingerprint density at radius 3 is 2.59 bits per heavy atom. The molecular weight excluding hydrogens is 323 g/mol. The summed E-state index contributed by atoms with van der Waals surface area (Å²) in [4.78, 5) is 14.3. The molecular formula is C15H26Cl2N4O. The van der Waals surface area contributed by atoms with Crippen LogP contribution in [0.15, 0.2) is 12.3 Å². The van der Waals surface area contributed by atoms with E-state index in [1.165, 1.54) is 12.1 Å². The molecule has 0 radical (unpaired) electrons. The normalized spacial score (nSPS) is 22.0. The van der Waals surface area contributed by atoms with Crippen LogP contribution in [0.5, 0.6) is 0 Å². The van der Waals surface area contributed by atoms with Gasteiger partial charge in [-0.15, -0.1) is 24.8 Å². The summed E-state index contributed by atoms with van der Waals surface area (Å²) in [6, 6.07) is 2.52. The Hall–Kier alpha value is -0.780. The number of piperidine rings is 1. The van der Waals surface area contributed by atoms with E-state index in [0.29, 0.717) is 24.3 Å². The van der Waals surface area contributed by atoms with Crippen LogP contribution in [0.2, 0.25) is 0 Å². The van der Waals surface area contributed by atoms with E-state index in [1.807, 2.05) is 22.8 Å². The number of hydrogen-bond acceptors (Lipinski definition) is 3. The number of aromatic nitrogens is 2. The quantitative estimate of drug-likeness (QED) is 0.909. The van der Waals surface area contributed by atoms with Crippen molar-refractivity contribution in [3.63, 3.8) is 0 Å². The Morgan fingerprint density at radius 2 is 2.05 bits per heavy atom. The molecule has 1 atom stereocenters. The van der Waals surface area contributed by atoms with Crippen molar-refractivity contribution in [3.05, 3.63) is 18.0 Å². The minimum absolute atomic E-state index is 0. The molecule has 2 fully saturated rings. The highest BCUT2D eigenvalue weighted by atomic mass is 35.5. The van der Waals surface area contributed by atoms with Crippen LogP contribution in [0.3, 0.4) is 0 Å². The van der Waals surface area contributed by atoms with Gasteiger partial charge in [0.25, 0.3) is 0 Å². The summed E-state index contributed by atoms with van der Waals surface area (Å²) in [5, 5.41) is 7.65. The van der Waals surface area contributed by atoms with Gasteiger partial charge in [-0.2, -0.15) is 5.10 Å². The van der Waals surface area contributed by atoms with Gasteiger partial charge in [-0.3, -0.25) is 9.48 Å². The second kappa shape index (κ2) is 8.75. The first-order valence-electron chi connectivity index (χ1n) is 7.73. The molecule has 1 aromatic rings. The standard InChI is InChI=1S/C15H24N4O.2ClH/c1-18-14(4-8-17-18)12-5-9-19(10-6-12)15(20)11-13-3-2-7-16-13;;/h4,8,12-13,16H,2-3,5-7,9-11H2,1H3;2*1H. The molecule has 22 heavy (non-hydrogen) atoms. The van der Waals surface area contributed by atoms with Gasteiger partial charge < -0.3 is 10.2 Å². The minimum Gasteiger partial charge on any atom is -0.343 e. The first-order chi connectivity index (χ1) is 9.74. The molecule has 2 saturated heterocycles. The molecule has 2 aliphatic heterocycles. The predicted octanol–water partition coefficient (Wildman–Crippen LogP) is 2.11. The number of rotatable bonds is 3. The molecule has 1 amide bonds. The molecule has 7 heteroatoms. The third kappa shape index (κ3) is 4.37. The second-order valence-corrected chi connectivity index (χ2v) is 6.03. The molecule has 0 spiro atoms. The number of carbonyl (C=O) groups excluding carboxylic acids is 1. The van der Waals surface area contributed by atoms with E-state index in [0.717, 1.165) is 38.9 Å². The van der Waals surface area contributed by atoms with Gasteiger partial charge in [0.2, 0.25) is 5.91 Å². The Morgan fingerprint density at radius 1 is 1.32 bits per heavy atom. The summed E-state index contributed by atoms with van der Waals surface area (Å²) >= 11 is 0. The first-order valence-corrected chi connectivity index (χ1v) is 7.73. The number of hydrogen-bond donors (Lipinski definition) is 1. The maximum Gasteiger partial charge on any atom is 0.224 e. The van der Waals surface area contributed by atoms with E-state index in [9.17, 15) is 4.79 Å². The number of halogens is 2. The lowest BCUT2D eigenvalue weighted by atomic mass is 9.93. The van der Waals surface area contributed by atoms with Crippen LogP contribution >= 0.6 is 24.8 Å². The van der Waals surface area contributed by atoms with E-state index in [2.05, 4.69) is 16.5 Å². The van der Waals surface area contributed by atoms with Gasteiger partial charge in [0.15, 0.2) is 0 Å². The molecule has 1 N–H and O–H groups in total. The molecule has 5 nitrogen and oxygen atoms in total. The highest BCUT2D eigenvalue weighted by Gasteiger charge is 2.27. The Bertz CT molecular complexity index is 466. The molecule has 2 aliphatic rings. The molecule has 0 aliphatic carbocycles. The number of likely N-dealkylation sites (tertiary alicyclic amines) is 1. The summed E-state index contributed by atoms with van der Waals surface area (Å²) in [5.74, 6) is 0.879. The van der Waals surface area contributed by atoms with Gasteiger partial charge in [0, 0.05) is 50.4 Å². The number of carbonyl (C=O) groups is 1. The van der Waals surface area contributed by atoms with Crippen LogP contribution in [0.1, 0.15) is 43.7 Å². The lowest BCUT2D eigenvalue weighted by Crippen LogP contribution is -2.40. The summed E-state index contributed by atoms with van der Waals surface area (Å²) in [6.45, 7) is 2.85. The van der Waals surface area contributed by atoms with Crippen LogP contribution in [0, 0.1) is 0 Å². The molecule has 126 valence electrons. The third-order valence-electron chi connectivity index (χ3n) is 4.71. The van der Waals surface area contributed by atoms with Crippen LogP contribution in [-0.2, 0) is 11.8 Å². The van der Waals surface area contributed by atoms with Crippen molar-refractivity contribution in [2.24, 2.45) is 7.05 Å². The van der Waals surface area contributed by atoms with Crippen LogP contribution < -0.4 is 5.32 Å². The van der Waals surface area contributed by atoms with Crippen molar-refractivity contribution in [2.75, 3.05) is 19.6 Å². The fraction of sp³-hybridized carbons (Fsp3) is 0.733. The van der Waals surface area contributed by atoms with E-state index in [-0.39, 0.29) is 24.8 Å². The number of nitrogens with zero attached hydrogens (tertiary/aromatic N) is 3.